The number of benzene rings is 3. The number of phenols is 2. The second-order valence-electron chi connectivity index (χ2n) is 7.78. The minimum Gasteiger partial charge on any atom is -0.508 e. The average molecular weight is 447 g/mol. The van der Waals surface area contributed by atoms with E-state index in [9.17, 15) is 14.6 Å². The molecule has 1 aromatic heterocycles. The molecule has 0 aliphatic carbocycles. The molecule has 1 aliphatic rings. The van der Waals surface area contributed by atoms with Gasteiger partial charge < -0.3 is 19.7 Å². The number of hydrogen-bond acceptors (Lipinski definition) is 6. The Morgan fingerprint density at radius 2 is 1.70 bits per heavy atom. The lowest BCUT2D eigenvalue weighted by atomic mass is 9.99. The topological polar surface area (TPSA) is 89.6 Å². The van der Waals surface area contributed by atoms with E-state index in [2.05, 4.69) is 10.3 Å². The molecular weight excluding hydrogens is 425 g/mol. The summed E-state index contributed by atoms with van der Waals surface area (Å²) in [5.41, 5.74) is 3.87. The van der Waals surface area contributed by atoms with Gasteiger partial charge in [-0.3, -0.25) is 0 Å². The van der Waals surface area contributed by atoms with E-state index in [0.717, 1.165) is 11.1 Å². The monoisotopic (exact) mass is 447 g/mol. The van der Waals surface area contributed by atoms with Gasteiger partial charge in [0.1, 0.15) is 36.2 Å². The molecule has 0 saturated heterocycles. The van der Waals surface area contributed by atoms with Crippen molar-refractivity contribution in [2.45, 2.75) is 19.9 Å². The van der Waals surface area contributed by atoms with Crippen molar-refractivity contribution in [3.8, 4) is 45.5 Å². The molecule has 2 N–H and O–H groups in total. The van der Waals surface area contributed by atoms with Crippen molar-refractivity contribution in [1.29, 1.82) is 0 Å². The van der Waals surface area contributed by atoms with Crippen molar-refractivity contribution in [3.05, 3.63) is 71.5 Å². The van der Waals surface area contributed by atoms with E-state index in [-0.39, 0.29) is 17.3 Å². The maximum absolute atomic E-state index is 13.4. The number of hydrogen-bond donors (Lipinski definition) is 2. The first-order valence-electron chi connectivity index (χ1n) is 10.7. The summed E-state index contributed by atoms with van der Waals surface area (Å²) >= 11 is 0. The number of aromatic hydroxyl groups is 2. The first kappa shape index (κ1) is 20.8. The quantitative estimate of drug-likeness (QED) is 0.467. The van der Waals surface area contributed by atoms with Crippen LogP contribution in [-0.2, 0) is 13.0 Å². The molecule has 4 aromatic rings. The highest BCUT2D eigenvalue weighted by molar-refractivity contribution is 5.83. The predicted octanol–water partition coefficient (Wildman–Crippen LogP) is 4.54. The van der Waals surface area contributed by atoms with Crippen molar-refractivity contribution < 1.29 is 24.1 Å². The number of nitrogens with zero attached hydrogens (tertiary/aromatic N) is 3. The molecule has 0 spiro atoms. The highest BCUT2D eigenvalue weighted by Crippen LogP contribution is 2.41. The number of rotatable bonds is 5. The number of phenolic OH excluding ortho intramolecular Hbond substituents is 2. The Morgan fingerprint density at radius 1 is 0.939 bits per heavy atom. The normalized spacial score (nSPS) is 12.7. The fraction of sp³-hybridized carbons (Fsp3) is 0.200. The SMILES string of the molecule is CCc1cc(-c2nnn(Cc3ccc(F)cc3)c2-c2ccc3c(c2)OCCO3)c(O)cc1O. The second kappa shape index (κ2) is 8.46. The zero-order valence-corrected chi connectivity index (χ0v) is 18.0. The van der Waals surface area contributed by atoms with Gasteiger partial charge in [0.25, 0.3) is 0 Å². The maximum Gasteiger partial charge on any atom is 0.162 e. The summed E-state index contributed by atoms with van der Waals surface area (Å²) in [5.74, 6) is 0.884. The summed E-state index contributed by atoms with van der Waals surface area (Å²) < 4.78 is 26.5. The van der Waals surface area contributed by atoms with Gasteiger partial charge in [-0.25, -0.2) is 9.07 Å². The predicted molar refractivity (Wildman–Crippen MR) is 120 cm³/mol. The van der Waals surface area contributed by atoms with Crippen molar-refractivity contribution in [3.63, 3.8) is 0 Å². The third kappa shape index (κ3) is 3.95. The second-order valence-corrected chi connectivity index (χ2v) is 7.78. The number of fused-ring (bicyclic) bond motifs is 1. The largest absolute Gasteiger partial charge is 0.508 e. The lowest BCUT2D eigenvalue weighted by Gasteiger charge is -2.19. The lowest BCUT2D eigenvalue weighted by Crippen LogP contribution is -2.15. The van der Waals surface area contributed by atoms with Gasteiger partial charge in [-0.2, -0.15) is 0 Å². The minimum atomic E-state index is -0.314. The Hall–Kier alpha value is -4.07. The number of aryl methyl sites for hydroxylation is 1. The molecule has 0 unspecified atom stereocenters. The number of halogens is 1. The van der Waals surface area contributed by atoms with Crippen LogP contribution in [0.2, 0.25) is 0 Å². The van der Waals surface area contributed by atoms with Crippen LogP contribution in [0.1, 0.15) is 18.1 Å². The molecule has 0 amide bonds. The van der Waals surface area contributed by atoms with Gasteiger partial charge in [0, 0.05) is 17.2 Å². The standard InChI is InChI=1S/C25H22FN3O4/c1-2-16-11-19(21(31)13-20(16)30)24-25(17-5-8-22-23(12-17)33-10-9-32-22)29(28-27-24)14-15-3-6-18(26)7-4-15/h3-8,11-13,30-31H,2,9-10,14H2,1H3. The molecule has 0 fully saturated rings. The van der Waals surface area contributed by atoms with E-state index in [1.54, 1.807) is 22.9 Å². The Labute approximate surface area is 189 Å². The number of aromatic nitrogens is 3. The van der Waals surface area contributed by atoms with Gasteiger partial charge in [-0.05, 0) is 53.9 Å². The van der Waals surface area contributed by atoms with Crippen LogP contribution in [0.3, 0.4) is 0 Å². The van der Waals surface area contributed by atoms with Crippen LogP contribution >= 0.6 is 0 Å². The van der Waals surface area contributed by atoms with E-state index in [1.165, 1.54) is 18.2 Å². The van der Waals surface area contributed by atoms with Crippen molar-refractivity contribution in [1.82, 2.24) is 15.0 Å². The smallest absolute Gasteiger partial charge is 0.162 e. The summed E-state index contributed by atoms with van der Waals surface area (Å²) in [5, 5.41) is 29.5. The van der Waals surface area contributed by atoms with Gasteiger partial charge in [-0.1, -0.05) is 24.3 Å². The molecule has 0 atom stereocenters. The van der Waals surface area contributed by atoms with Crippen LogP contribution < -0.4 is 9.47 Å². The van der Waals surface area contributed by atoms with Crippen LogP contribution in [0.4, 0.5) is 4.39 Å². The fourth-order valence-corrected chi connectivity index (χ4v) is 3.94. The molecule has 168 valence electrons. The molecule has 0 bridgehead atoms. The van der Waals surface area contributed by atoms with Gasteiger partial charge in [0.15, 0.2) is 11.5 Å². The summed E-state index contributed by atoms with van der Waals surface area (Å²) in [6, 6.07) is 14.8. The van der Waals surface area contributed by atoms with E-state index in [4.69, 9.17) is 9.47 Å². The number of ether oxygens (including phenoxy) is 2. The molecule has 7 nitrogen and oxygen atoms in total. The summed E-state index contributed by atoms with van der Waals surface area (Å²) in [6.07, 6.45) is 0.586. The van der Waals surface area contributed by atoms with Crippen LogP contribution in [0, 0.1) is 5.82 Å². The fourth-order valence-electron chi connectivity index (χ4n) is 3.94. The molecular formula is C25H22FN3O4. The Balaban J connectivity index is 1.67. The molecule has 3 aromatic carbocycles. The Kier molecular flexibility index (Phi) is 5.34. The molecule has 0 radical (unpaired) electrons. The molecule has 8 heteroatoms. The van der Waals surface area contributed by atoms with E-state index >= 15 is 0 Å². The summed E-state index contributed by atoms with van der Waals surface area (Å²) in [4.78, 5) is 0. The third-order valence-electron chi connectivity index (χ3n) is 5.63. The van der Waals surface area contributed by atoms with E-state index in [0.29, 0.717) is 60.2 Å². The van der Waals surface area contributed by atoms with Gasteiger partial charge in [0.2, 0.25) is 0 Å². The van der Waals surface area contributed by atoms with Crippen LogP contribution in [-0.4, -0.2) is 38.4 Å². The zero-order chi connectivity index (χ0) is 22.9. The zero-order valence-electron chi connectivity index (χ0n) is 18.0. The lowest BCUT2D eigenvalue weighted by molar-refractivity contribution is 0.171. The van der Waals surface area contributed by atoms with E-state index < -0.39 is 0 Å². The first-order valence-corrected chi connectivity index (χ1v) is 10.7. The van der Waals surface area contributed by atoms with Gasteiger partial charge in [-0.15, -0.1) is 5.10 Å². The van der Waals surface area contributed by atoms with Crippen molar-refractivity contribution in [2.75, 3.05) is 13.2 Å². The highest BCUT2D eigenvalue weighted by atomic mass is 19.1. The Bertz CT molecular complexity index is 1320. The van der Waals surface area contributed by atoms with Gasteiger partial charge >= 0.3 is 0 Å². The van der Waals surface area contributed by atoms with Gasteiger partial charge in [0.05, 0.1) is 12.2 Å². The molecule has 2 heterocycles. The highest BCUT2D eigenvalue weighted by Gasteiger charge is 2.23. The molecule has 5 rings (SSSR count). The summed E-state index contributed by atoms with van der Waals surface area (Å²) in [6.45, 7) is 3.21. The molecule has 1 aliphatic heterocycles. The van der Waals surface area contributed by atoms with Crippen LogP contribution in [0.25, 0.3) is 22.5 Å². The van der Waals surface area contributed by atoms with Crippen LogP contribution in [0.15, 0.2) is 54.6 Å². The third-order valence-corrected chi connectivity index (χ3v) is 5.63. The van der Waals surface area contributed by atoms with Crippen molar-refractivity contribution >= 4 is 0 Å². The Morgan fingerprint density at radius 3 is 2.45 bits per heavy atom. The molecule has 0 saturated carbocycles. The first-order chi connectivity index (χ1) is 16.0. The molecule has 33 heavy (non-hydrogen) atoms. The summed E-state index contributed by atoms with van der Waals surface area (Å²) in [7, 11) is 0. The minimum absolute atomic E-state index is 0.0262. The maximum atomic E-state index is 13.4. The average Bonchev–Trinajstić information content (AvgIpc) is 3.23. The van der Waals surface area contributed by atoms with Crippen molar-refractivity contribution in [2.24, 2.45) is 0 Å². The van der Waals surface area contributed by atoms with E-state index in [1.807, 2.05) is 25.1 Å². The van der Waals surface area contributed by atoms with Crippen LogP contribution in [0.5, 0.6) is 23.0 Å².